The fourth-order valence-corrected chi connectivity index (χ4v) is 4.39. The Labute approximate surface area is 204 Å². The molecule has 0 N–H and O–H groups in total. The van der Waals surface area contributed by atoms with Gasteiger partial charge in [0.15, 0.2) is 11.5 Å². The topological polar surface area (TPSA) is 55.8 Å². The lowest BCUT2D eigenvalue weighted by atomic mass is 10.1. The predicted molar refractivity (Wildman–Crippen MR) is 134 cm³/mol. The van der Waals surface area contributed by atoms with Crippen LogP contribution in [0.3, 0.4) is 0 Å². The van der Waals surface area contributed by atoms with Crippen LogP contribution in [-0.2, 0) is 17.9 Å². The lowest BCUT2D eigenvalue weighted by Crippen LogP contribution is -2.27. The SMILES string of the molecule is COc1cc(/C=C2\SC(=O)N(Cc3ccc(I)cc3)C2=O)ccc1OCc1ccccc1. The van der Waals surface area contributed by atoms with Crippen LogP contribution < -0.4 is 9.47 Å². The number of nitrogens with zero attached hydrogens (tertiary/aromatic N) is 1. The van der Waals surface area contributed by atoms with Crippen LogP contribution in [0.2, 0.25) is 0 Å². The largest absolute Gasteiger partial charge is 0.493 e. The molecule has 0 atom stereocenters. The van der Waals surface area contributed by atoms with Crippen molar-refractivity contribution in [1.82, 2.24) is 4.90 Å². The summed E-state index contributed by atoms with van der Waals surface area (Å²) in [7, 11) is 1.57. The number of carbonyl (C=O) groups excluding carboxylic acids is 2. The molecule has 1 saturated heterocycles. The van der Waals surface area contributed by atoms with Crippen LogP contribution in [0.4, 0.5) is 4.79 Å². The van der Waals surface area contributed by atoms with Gasteiger partial charge in [0, 0.05) is 3.57 Å². The first-order valence-electron chi connectivity index (χ1n) is 9.88. The summed E-state index contributed by atoms with van der Waals surface area (Å²) in [5.74, 6) is 0.884. The van der Waals surface area contributed by atoms with E-state index in [-0.39, 0.29) is 17.7 Å². The number of hydrogen-bond donors (Lipinski definition) is 0. The molecule has 4 rings (SSSR count). The van der Waals surface area contributed by atoms with E-state index in [1.807, 2.05) is 66.7 Å². The van der Waals surface area contributed by atoms with Crippen molar-refractivity contribution in [3.8, 4) is 11.5 Å². The Kier molecular flexibility index (Phi) is 7.16. The monoisotopic (exact) mass is 557 g/mol. The Morgan fingerprint density at radius 2 is 1.69 bits per heavy atom. The van der Waals surface area contributed by atoms with Gasteiger partial charge in [-0.2, -0.15) is 0 Å². The fraction of sp³-hybridized carbons (Fsp3) is 0.120. The molecule has 1 fully saturated rings. The van der Waals surface area contributed by atoms with Gasteiger partial charge < -0.3 is 9.47 Å². The zero-order chi connectivity index (χ0) is 22.5. The molecule has 0 spiro atoms. The summed E-state index contributed by atoms with van der Waals surface area (Å²) < 4.78 is 12.5. The van der Waals surface area contributed by atoms with E-state index in [2.05, 4.69) is 22.6 Å². The van der Waals surface area contributed by atoms with E-state index in [1.54, 1.807) is 19.3 Å². The number of carbonyl (C=O) groups is 2. The van der Waals surface area contributed by atoms with E-state index in [9.17, 15) is 9.59 Å². The van der Waals surface area contributed by atoms with Crippen molar-refractivity contribution in [3.05, 3.63) is 98.0 Å². The number of amides is 2. The van der Waals surface area contributed by atoms with Crippen molar-refractivity contribution in [1.29, 1.82) is 0 Å². The molecule has 162 valence electrons. The van der Waals surface area contributed by atoms with Gasteiger partial charge in [-0.1, -0.05) is 48.5 Å². The third-order valence-corrected chi connectivity index (χ3v) is 6.48. The van der Waals surface area contributed by atoms with Gasteiger partial charge >= 0.3 is 0 Å². The average Bonchev–Trinajstić information content (AvgIpc) is 3.07. The Morgan fingerprint density at radius 1 is 0.938 bits per heavy atom. The summed E-state index contributed by atoms with van der Waals surface area (Å²) in [6, 6.07) is 23.1. The molecule has 0 aromatic heterocycles. The highest BCUT2D eigenvalue weighted by atomic mass is 127. The minimum Gasteiger partial charge on any atom is -0.493 e. The molecule has 0 aliphatic carbocycles. The molecule has 32 heavy (non-hydrogen) atoms. The van der Waals surface area contributed by atoms with E-state index in [0.717, 1.165) is 32.0 Å². The Balaban J connectivity index is 1.48. The number of thioether (sulfide) groups is 1. The first kappa shape index (κ1) is 22.4. The maximum atomic E-state index is 12.8. The highest BCUT2D eigenvalue weighted by Gasteiger charge is 2.35. The number of ether oxygens (including phenoxy) is 2. The summed E-state index contributed by atoms with van der Waals surface area (Å²) in [6.45, 7) is 0.683. The highest BCUT2D eigenvalue weighted by molar-refractivity contribution is 14.1. The standard InChI is InChI=1S/C25H20INO4S/c1-30-22-13-19(9-12-21(22)31-16-18-5-3-2-4-6-18)14-23-24(28)27(25(29)32-23)15-17-7-10-20(26)11-8-17/h2-14H,15-16H2,1H3/b23-14-. The van der Waals surface area contributed by atoms with Crippen LogP contribution in [-0.4, -0.2) is 23.2 Å². The highest BCUT2D eigenvalue weighted by Crippen LogP contribution is 2.35. The van der Waals surface area contributed by atoms with Crippen LogP contribution >= 0.6 is 34.4 Å². The molecule has 3 aromatic rings. The Morgan fingerprint density at radius 3 is 2.41 bits per heavy atom. The molecule has 2 amide bonds. The third-order valence-electron chi connectivity index (χ3n) is 4.85. The number of halogens is 1. The van der Waals surface area contributed by atoms with Crippen molar-refractivity contribution in [3.63, 3.8) is 0 Å². The van der Waals surface area contributed by atoms with Gasteiger partial charge in [-0.3, -0.25) is 14.5 Å². The molecule has 0 unspecified atom stereocenters. The molecule has 5 nitrogen and oxygen atoms in total. The number of rotatable bonds is 7. The molecule has 1 heterocycles. The summed E-state index contributed by atoms with van der Waals surface area (Å²) in [5, 5.41) is -0.269. The average molecular weight is 557 g/mol. The number of benzene rings is 3. The van der Waals surface area contributed by atoms with E-state index in [1.165, 1.54) is 4.90 Å². The number of methoxy groups -OCH3 is 1. The van der Waals surface area contributed by atoms with Crippen LogP contribution in [0.1, 0.15) is 16.7 Å². The van der Waals surface area contributed by atoms with Gasteiger partial charge in [0.25, 0.3) is 11.1 Å². The second-order valence-corrected chi connectivity index (χ2v) is 9.32. The van der Waals surface area contributed by atoms with Gasteiger partial charge in [0.05, 0.1) is 18.6 Å². The van der Waals surface area contributed by atoms with E-state index in [0.29, 0.717) is 23.0 Å². The summed E-state index contributed by atoms with van der Waals surface area (Å²) in [4.78, 5) is 26.9. The first-order chi connectivity index (χ1) is 15.5. The second-order valence-electron chi connectivity index (χ2n) is 7.08. The summed E-state index contributed by atoms with van der Waals surface area (Å²) in [6.07, 6.45) is 1.71. The molecular weight excluding hydrogens is 537 g/mol. The third kappa shape index (κ3) is 5.34. The maximum Gasteiger partial charge on any atom is 0.293 e. The lowest BCUT2D eigenvalue weighted by molar-refractivity contribution is -0.123. The van der Waals surface area contributed by atoms with Crippen molar-refractivity contribution in [2.45, 2.75) is 13.2 Å². The van der Waals surface area contributed by atoms with Crippen molar-refractivity contribution in [2.24, 2.45) is 0 Å². The van der Waals surface area contributed by atoms with Crippen LogP contribution in [0.15, 0.2) is 77.7 Å². The maximum absolute atomic E-state index is 12.8. The van der Waals surface area contributed by atoms with E-state index in [4.69, 9.17) is 9.47 Å². The van der Waals surface area contributed by atoms with E-state index < -0.39 is 0 Å². The van der Waals surface area contributed by atoms with Crippen molar-refractivity contribution < 1.29 is 19.1 Å². The van der Waals surface area contributed by atoms with Crippen LogP contribution in [0.5, 0.6) is 11.5 Å². The van der Waals surface area contributed by atoms with Crippen molar-refractivity contribution in [2.75, 3.05) is 7.11 Å². The molecule has 0 saturated carbocycles. The normalized spacial score (nSPS) is 14.8. The Bertz CT molecular complexity index is 1160. The fourth-order valence-electron chi connectivity index (χ4n) is 3.19. The molecule has 7 heteroatoms. The zero-order valence-corrected chi connectivity index (χ0v) is 20.3. The van der Waals surface area contributed by atoms with Crippen LogP contribution in [0, 0.1) is 3.57 Å². The minimum absolute atomic E-state index is 0.258. The van der Waals surface area contributed by atoms with E-state index >= 15 is 0 Å². The quantitative estimate of drug-likeness (QED) is 0.259. The molecule has 1 aliphatic rings. The van der Waals surface area contributed by atoms with Crippen LogP contribution in [0.25, 0.3) is 6.08 Å². The zero-order valence-electron chi connectivity index (χ0n) is 17.3. The molecule has 0 bridgehead atoms. The predicted octanol–water partition coefficient (Wildman–Crippen LogP) is 6.12. The van der Waals surface area contributed by atoms with Gasteiger partial charge in [-0.25, -0.2) is 0 Å². The number of imide groups is 1. The molecule has 0 radical (unpaired) electrons. The minimum atomic E-state index is -0.290. The molecule has 1 aliphatic heterocycles. The molecule has 3 aromatic carbocycles. The van der Waals surface area contributed by atoms with Gasteiger partial charge in [-0.15, -0.1) is 0 Å². The summed E-state index contributed by atoms with van der Waals surface area (Å²) >= 11 is 3.17. The van der Waals surface area contributed by atoms with Gasteiger partial charge in [0.1, 0.15) is 6.61 Å². The number of hydrogen-bond acceptors (Lipinski definition) is 5. The summed E-state index contributed by atoms with van der Waals surface area (Å²) in [5.41, 5.74) is 2.73. The lowest BCUT2D eigenvalue weighted by Gasteiger charge is -2.12. The molecular formula is C25H20INO4S. The van der Waals surface area contributed by atoms with Crippen molar-refractivity contribution >= 4 is 51.6 Å². The second kappa shape index (κ2) is 10.2. The Hall–Kier alpha value is -2.78. The smallest absolute Gasteiger partial charge is 0.293 e. The first-order valence-corrected chi connectivity index (χ1v) is 11.8. The van der Waals surface area contributed by atoms with Gasteiger partial charge in [0.2, 0.25) is 0 Å². The van der Waals surface area contributed by atoms with Gasteiger partial charge in [-0.05, 0) is 81.4 Å².